The summed E-state index contributed by atoms with van der Waals surface area (Å²) < 4.78 is 0. The van der Waals surface area contributed by atoms with Crippen molar-refractivity contribution >= 4 is 28.5 Å². The van der Waals surface area contributed by atoms with Crippen molar-refractivity contribution in [2.24, 2.45) is 0 Å². The maximum absolute atomic E-state index is 11.9. The molecule has 1 fully saturated rings. The largest absolute Gasteiger partial charge is 0.378 e. The Morgan fingerprint density at radius 1 is 1.33 bits per heavy atom. The van der Waals surface area contributed by atoms with Crippen LogP contribution in [0.25, 0.3) is 0 Å². The average Bonchev–Trinajstić information content (AvgIpc) is 2.75. The van der Waals surface area contributed by atoms with E-state index in [4.69, 9.17) is 0 Å². The molecule has 96 valence electrons. The molecule has 2 rings (SSSR count). The number of carbonyl (C=O) groups excluding carboxylic acids is 2. The predicted octanol–water partition coefficient (Wildman–Crippen LogP) is 1.51. The number of hydrogen-bond donors (Lipinski definition) is 1. The van der Waals surface area contributed by atoms with E-state index >= 15 is 0 Å². The minimum atomic E-state index is -0.323. The predicted molar refractivity (Wildman–Crippen MR) is 74.1 cm³/mol. The van der Waals surface area contributed by atoms with Crippen LogP contribution in [-0.2, 0) is 4.79 Å². The second kappa shape index (κ2) is 5.44. The molecule has 1 aliphatic rings. The molecule has 0 bridgehead atoms. The minimum Gasteiger partial charge on any atom is -0.378 e. The standard InChI is InChI=1S/C13H16N2O2S/c1-15(2)10-5-3-9(4-6-10)12(16)14-11-7-8-18-13(11)17/h3-6,11H,7-8H2,1-2H3,(H,14,16)/t11-/m1/s1. The summed E-state index contributed by atoms with van der Waals surface area (Å²) in [5.41, 5.74) is 1.63. The number of hydrogen-bond acceptors (Lipinski definition) is 4. The normalized spacial score (nSPS) is 18.8. The van der Waals surface area contributed by atoms with Gasteiger partial charge in [-0.15, -0.1) is 0 Å². The molecule has 0 aromatic heterocycles. The Bertz CT molecular complexity index is 457. The number of carbonyl (C=O) groups is 2. The summed E-state index contributed by atoms with van der Waals surface area (Å²) >= 11 is 1.29. The lowest BCUT2D eigenvalue weighted by Gasteiger charge is -2.13. The third-order valence-corrected chi connectivity index (χ3v) is 3.90. The number of nitrogens with one attached hydrogen (secondary N) is 1. The Morgan fingerprint density at radius 2 is 2.00 bits per heavy atom. The van der Waals surface area contributed by atoms with Gasteiger partial charge in [0.15, 0.2) is 0 Å². The average molecular weight is 264 g/mol. The van der Waals surface area contributed by atoms with Crippen LogP contribution in [0.5, 0.6) is 0 Å². The van der Waals surface area contributed by atoms with Crippen LogP contribution in [0.3, 0.4) is 0 Å². The number of thioether (sulfide) groups is 1. The summed E-state index contributed by atoms with van der Waals surface area (Å²) in [4.78, 5) is 25.3. The van der Waals surface area contributed by atoms with Crippen molar-refractivity contribution in [2.75, 3.05) is 24.7 Å². The van der Waals surface area contributed by atoms with Crippen molar-refractivity contribution in [3.8, 4) is 0 Å². The first kappa shape index (κ1) is 13.0. The van der Waals surface area contributed by atoms with Crippen molar-refractivity contribution in [3.05, 3.63) is 29.8 Å². The van der Waals surface area contributed by atoms with Gasteiger partial charge in [0.2, 0.25) is 5.12 Å². The SMILES string of the molecule is CN(C)c1ccc(C(=O)N[C@@H]2CCSC2=O)cc1. The molecule has 0 unspecified atom stereocenters. The van der Waals surface area contributed by atoms with E-state index in [1.165, 1.54) is 11.8 Å². The molecule has 4 nitrogen and oxygen atoms in total. The third kappa shape index (κ3) is 2.85. The monoisotopic (exact) mass is 264 g/mol. The van der Waals surface area contributed by atoms with Crippen LogP contribution >= 0.6 is 11.8 Å². The van der Waals surface area contributed by atoms with Crippen LogP contribution in [-0.4, -0.2) is 36.9 Å². The van der Waals surface area contributed by atoms with Crippen molar-refractivity contribution in [3.63, 3.8) is 0 Å². The van der Waals surface area contributed by atoms with Crippen molar-refractivity contribution in [2.45, 2.75) is 12.5 Å². The number of nitrogens with zero attached hydrogens (tertiary/aromatic N) is 1. The quantitative estimate of drug-likeness (QED) is 0.899. The molecule has 1 N–H and O–H groups in total. The van der Waals surface area contributed by atoms with Gasteiger partial charge in [-0.1, -0.05) is 11.8 Å². The highest BCUT2D eigenvalue weighted by Crippen LogP contribution is 2.20. The Kier molecular flexibility index (Phi) is 3.91. The van der Waals surface area contributed by atoms with E-state index in [1.807, 2.05) is 31.1 Å². The van der Waals surface area contributed by atoms with E-state index in [2.05, 4.69) is 5.32 Å². The van der Waals surface area contributed by atoms with Gasteiger partial charge in [0.05, 0.1) is 6.04 Å². The highest BCUT2D eigenvalue weighted by atomic mass is 32.2. The van der Waals surface area contributed by atoms with Crippen LogP contribution in [0.15, 0.2) is 24.3 Å². The van der Waals surface area contributed by atoms with Gasteiger partial charge in [0.25, 0.3) is 5.91 Å². The van der Waals surface area contributed by atoms with E-state index in [1.54, 1.807) is 12.1 Å². The fourth-order valence-corrected chi connectivity index (χ4v) is 2.71. The fourth-order valence-electron chi connectivity index (χ4n) is 1.78. The lowest BCUT2D eigenvalue weighted by atomic mass is 10.1. The first-order chi connectivity index (χ1) is 8.58. The van der Waals surface area contributed by atoms with Crippen molar-refractivity contribution in [1.29, 1.82) is 0 Å². The molecule has 5 heteroatoms. The molecular formula is C13H16N2O2S. The first-order valence-electron chi connectivity index (χ1n) is 5.83. The van der Waals surface area contributed by atoms with E-state index < -0.39 is 0 Å². The smallest absolute Gasteiger partial charge is 0.251 e. The highest BCUT2D eigenvalue weighted by molar-refractivity contribution is 8.14. The number of amides is 1. The van der Waals surface area contributed by atoms with Gasteiger partial charge in [0.1, 0.15) is 0 Å². The second-order valence-corrected chi connectivity index (χ2v) is 5.52. The molecule has 0 aliphatic carbocycles. The summed E-state index contributed by atoms with van der Waals surface area (Å²) in [7, 11) is 3.90. The number of rotatable bonds is 3. The van der Waals surface area contributed by atoms with Crippen LogP contribution in [0.1, 0.15) is 16.8 Å². The van der Waals surface area contributed by atoms with Crippen LogP contribution < -0.4 is 10.2 Å². The summed E-state index contributed by atoms with van der Waals surface area (Å²) in [5, 5.41) is 2.83. The zero-order chi connectivity index (χ0) is 13.1. The van der Waals surface area contributed by atoms with Crippen molar-refractivity contribution < 1.29 is 9.59 Å². The van der Waals surface area contributed by atoms with Gasteiger partial charge in [-0.2, -0.15) is 0 Å². The van der Waals surface area contributed by atoms with Gasteiger partial charge in [-0.05, 0) is 30.7 Å². The van der Waals surface area contributed by atoms with E-state index in [9.17, 15) is 9.59 Å². The molecule has 1 saturated heterocycles. The molecule has 1 aliphatic heterocycles. The van der Waals surface area contributed by atoms with Gasteiger partial charge in [0, 0.05) is 31.1 Å². The van der Waals surface area contributed by atoms with E-state index in [0.717, 1.165) is 17.9 Å². The number of benzene rings is 1. The Labute approximate surface area is 111 Å². The second-order valence-electron chi connectivity index (χ2n) is 4.42. The van der Waals surface area contributed by atoms with Gasteiger partial charge in [-0.25, -0.2) is 0 Å². The Morgan fingerprint density at radius 3 is 2.50 bits per heavy atom. The molecule has 0 saturated carbocycles. The molecular weight excluding hydrogens is 248 g/mol. The lowest BCUT2D eigenvalue weighted by molar-refractivity contribution is -0.112. The summed E-state index contributed by atoms with van der Waals surface area (Å²) in [6.07, 6.45) is 0.727. The molecule has 18 heavy (non-hydrogen) atoms. The van der Waals surface area contributed by atoms with E-state index in [-0.39, 0.29) is 17.1 Å². The van der Waals surface area contributed by atoms with Crippen LogP contribution in [0.4, 0.5) is 5.69 Å². The lowest BCUT2D eigenvalue weighted by Crippen LogP contribution is -2.37. The fraction of sp³-hybridized carbons (Fsp3) is 0.385. The van der Waals surface area contributed by atoms with Gasteiger partial charge in [-0.3, -0.25) is 9.59 Å². The van der Waals surface area contributed by atoms with Gasteiger partial charge >= 0.3 is 0 Å². The molecule has 1 aromatic carbocycles. The maximum Gasteiger partial charge on any atom is 0.251 e. The highest BCUT2D eigenvalue weighted by Gasteiger charge is 2.26. The molecule has 1 heterocycles. The zero-order valence-electron chi connectivity index (χ0n) is 10.5. The van der Waals surface area contributed by atoms with Gasteiger partial charge < -0.3 is 10.2 Å². The maximum atomic E-state index is 11.9. The van der Waals surface area contributed by atoms with Crippen LogP contribution in [0, 0.1) is 0 Å². The summed E-state index contributed by atoms with van der Waals surface area (Å²) in [6, 6.07) is 7.00. The minimum absolute atomic E-state index is 0.0632. The van der Waals surface area contributed by atoms with Crippen LogP contribution in [0.2, 0.25) is 0 Å². The molecule has 1 atom stereocenters. The summed E-state index contributed by atoms with van der Waals surface area (Å²) in [6.45, 7) is 0. The molecule has 1 amide bonds. The zero-order valence-corrected chi connectivity index (χ0v) is 11.3. The van der Waals surface area contributed by atoms with Crippen molar-refractivity contribution in [1.82, 2.24) is 5.32 Å². The first-order valence-corrected chi connectivity index (χ1v) is 6.81. The summed E-state index contributed by atoms with van der Waals surface area (Å²) in [5.74, 6) is 0.616. The Balaban J connectivity index is 2.02. The molecule has 1 aromatic rings. The third-order valence-electron chi connectivity index (χ3n) is 2.89. The number of anilines is 1. The Hall–Kier alpha value is -1.49. The molecule has 0 spiro atoms. The topological polar surface area (TPSA) is 49.4 Å². The molecule has 0 radical (unpaired) electrons. The van der Waals surface area contributed by atoms with E-state index in [0.29, 0.717) is 5.56 Å².